The van der Waals surface area contributed by atoms with E-state index in [9.17, 15) is 8.42 Å². The van der Waals surface area contributed by atoms with Crippen LogP contribution in [0.25, 0.3) is 0 Å². The Morgan fingerprint density at radius 2 is 1.80 bits per heavy atom. The van der Waals surface area contributed by atoms with E-state index in [4.69, 9.17) is 5.73 Å². The standard InChI is InChI=1S/C14H22N2O2S2/c1-9-8-13(15)11(3)14(10(9)2)20(17,18)16-12-4-6-19-7-5-12/h8,12,16H,4-7,15H2,1-3H3. The van der Waals surface area contributed by atoms with Gasteiger partial charge in [-0.3, -0.25) is 0 Å². The molecular weight excluding hydrogens is 292 g/mol. The minimum absolute atomic E-state index is 0.0433. The fourth-order valence-electron chi connectivity index (χ4n) is 2.54. The largest absolute Gasteiger partial charge is 0.398 e. The van der Waals surface area contributed by atoms with Crippen LogP contribution in [0.5, 0.6) is 0 Å². The molecule has 4 nitrogen and oxygen atoms in total. The molecular formula is C14H22N2O2S2. The number of hydrogen-bond acceptors (Lipinski definition) is 4. The molecule has 0 amide bonds. The first-order chi connectivity index (χ1) is 9.33. The minimum atomic E-state index is -3.51. The van der Waals surface area contributed by atoms with Crippen LogP contribution in [0, 0.1) is 20.8 Å². The molecule has 1 aromatic carbocycles. The van der Waals surface area contributed by atoms with Gasteiger partial charge < -0.3 is 5.73 Å². The summed E-state index contributed by atoms with van der Waals surface area (Å²) in [5.74, 6) is 2.03. The molecule has 1 saturated heterocycles. The van der Waals surface area contributed by atoms with E-state index >= 15 is 0 Å². The zero-order valence-electron chi connectivity index (χ0n) is 12.2. The molecule has 0 saturated carbocycles. The molecule has 6 heteroatoms. The van der Waals surface area contributed by atoms with Gasteiger partial charge >= 0.3 is 0 Å². The SMILES string of the molecule is Cc1cc(N)c(C)c(S(=O)(=O)NC2CCSCC2)c1C. The van der Waals surface area contributed by atoms with Crippen molar-refractivity contribution in [2.45, 2.75) is 44.6 Å². The van der Waals surface area contributed by atoms with Gasteiger partial charge in [-0.25, -0.2) is 13.1 Å². The van der Waals surface area contributed by atoms with Crippen LogP contribution in [0.3, 0.4) is 0 Å². The highest BCUT2D eigenvalue weighted by Gasteiger charge is 2.26. The molecule has 1 aromatic rings. The summed E-state index contributed by atoms with van der Waals surface area (Å²) in [5, 5.41) is 0. The van der Waals surface area contributed by atoms with Gasteiger partial charge in [0.1, 0.15) is 0 Å². The number of nitrogen functional groups attached to an aromatic ring is 1. The zero-order valence-corrected chi connectivity index (χ0v) is 13.8. The van der Waals surface area contributed by atoms with Gasteiger partial charge in [0.2, 0.25) is 10.0 Å². The van der Waals surface area contributed by atoms with Crippen molar-refractivity contribution in [3.8, 4) is 0 Å². The second kappa shape index (κ2) is 5.95. The van der Waals surface area contributed by atoms with E-state index in [0.29, 0.717) is 16.1 Å². The monoisotopic (exact) mass is 314 g/mol. The number of aryl methyl sites for hydroxylation is 1. The van der Waals surface area contributed by atoms with Crippen LogP contribution in [0.4, 0.5) is 5.69 Å². The van der Waals surface area contributed by atoms with Crippen LogP contribution in [-0.2, 0) is 10.0 Å². The molecule has 1 aliphatic heterocycles. The fraction of sp³-hybridized carbons (Fsp3) is 0.571. The molecule has 0 unspecified atom stereocenters. The third kappa shape index (κ3) is 3.13. The molecule has 2 rings (SSSR count). The maximum Gasteiger partial charge on any atom is 0.241 e. The Morgan fingerprint density at radius 1 is 1.20 bits per heavy atom. The van der Waals surface area contributed by atoms with Crippen molar-refractivity contribution in [1.82, 2.24) is 4.72 Å². The summed E-state index contributed by atoms with van der Waals surface area (Å²) in [4.78, 5) is 0.355. The normalized spacial score (nSPS) is 17.4. The molecule has 3 N–H and O–H groups in total. The number of hydrogen-bond donors (Lipinski definition) is 2. The van der Waals surface area contributed by atoms with Crippen molar-refractivity contribution in [1.29, 1.82) is 0 Å². The van der Waals surface area contributed by atoms with Crippen molar-refractivity contribution in [2.24, 2.45) is 0 Å². The molecule has 1 fully saturated rings. The average Bonchev–Trinajstić information content (AvgIpc) is 2.37. The molecule has 1 heterocycles. The van der Waals surface area contributed by atoms with Gasteiger partial charge in [0.25, 0.3) is 0 Å². The van der Waals surface area contributed by atoms with E-state index in [0.717, 1.165) is 35.5 Å². The second-order valence-electron chi connectivity index (χ2n) is 5.37. The number of rotatable bonds is 3. The summed E-state index contributed by atoms with van der Waals surface area (Å²) in [6.07, 6.45) is 1.78. The number of nitrogens with two attached hydrogens (primary N) is 1. The van der Waals surface area contributed by atoms with Crippen LogP contribution in [0.1, 0.15) is 29.5 Å². The van der Waals surface area contributed by atoms with E-state index in [1.54, 1.807) is 6.92 Å². The lowest BCUT2D eigenvalue weighted by Gasteiger charge is -2.24. The smallest absolute Gasteiger partial charge is 0.241 e. The predicted molar refractivity (Wildman–Crippen MR) is 85.7 cm³/mol. The molecule has 0 bridgehead atoms. The summed E-state index contributed by atoms with van der Waals surface area (Å²) in [5.41, 5.74) is 8.80. The number of thioether (sulfide) groups is 1. The molecule has 0 spiro atoms. The van der Waals surface area contributed by atoms with E-state index < -0.39 is 10.0 Å². The Balaban J connectivity index is 2.38. The van der Waals surface area contributed by atoms with Gasteiger partial charge in [-0.05, 0) is 67.9 Å². The first-order valence-electron chi connectivity index (χ1n) is 6.79. The van der Waals surface area contributed by atoms with Crippen LogP contribution in [0.15, 0.2) is 11.0 Å². The molecule has 0 aliphatic carbocycles. The van der Waals surface area contributed by atoms with Crippen molar-refractivity contribution in [3.05, 3.63) is 22.8 Å². The van der Waals surface area contributed by atoms with Crippen LogP contribution in [-0.4, -0.2) is 26.0 Å². The highest BCUT2D eigenvalue weighted by Crippen LogP contribution is 2.28. The van der Waals surface area contributed by atoms with E-state index in [1.165, 1.54) is 0 Å². The van der Waals surface area contributed by atoms with E-state index in [-0.39, 0.29) is 6.04 Å². The minimum Gasteiger partial charge on any atom is -0.398 e. The Bertz CT molecular complexity index is 580. The summed E-state index contributed by atoms with van der Waals surface area (Å²) in [7, 11) is -3.51. The third-order valence-electron chi connectivity index (χ3n) is 3.89. The first-order valence-corrected chi connectivity index (χ1v) is 9.43. The highest BCUT2D eigenvalue weighted by molar-refractivity contribution is 7.99. The topological polar surface area (TPSA) is 72.2 Å². The summed E-state index contributed by atoms with van der Waals surface area (Å²) in [6, 6.07) is 1.88. The van der Waals surface area contributed by atoms with Crippen LogP contribution < -0.4 is 10.5 Å². The lowest BCUT2D eigenvalue weighted by atomic mass is 10.1. The molecule has 0 atom stereocenters. The number of sulfonamides is 1. The van der Waals surface area contributed by atoms with Crippen molar-refractivity contribution in [3.63, 3.8) is 0 Å². The number of nitrogens with one attached hydrogen (secondary N) is 1. The van der Waals surface area contributed by atoms with Gasteiger partial charge in [0.05, 0.1) is 4.90 Å². The van der Waals surface area contributed by atoms with Crippen molar-refractivity contribution in [2.75, 3.05) is 17.2 Å². The lowest BCUT2D eigenvalue weighted by molar-refractivity contribution is 0.528. The van der Waals surface area contributed by atoms with Gasteiger partial charge in [-0.15, -0.1) is 0 Å². The highest BCUT2D eigenvalue weighted by atomic mass is 32.2. The molecule has 0 aromatic heterocycles. The van der Waals surface area contributed by atoms with Crippen molar-refractivity contribution >= 4 is 27.5 Å². The van der Waals surface area contributed by atoms with Gasteiger partial charge in [-0.2, -0.15) is 11.8 Å². The van der Waals surface area contributed by atoms with E-state index in [1.807, 2.05) is 31.7 Å². The maximum atomic E-state index is 12.7. The predicted octanol–water partition coefficient (Wildman–Crippen LogP) is 2.37. The Kier molecular flexibility index (Phi) is 4.66. The second-order valence-corrected chi connectivity index (χ2v) is 8.25. The average molecular weight is 314 g/mol. The Morgan fingerprint density at radius 3 is 2.40 bits per heavy atom. The number of benzene rings is 1. The lowest BCUT2D eigenvalue weighted by Crippen LogP contribution is -2.38. The number of anilines is 1. The Hall–Kier alpha value is -0.720. The van der Waals surface area contributed by atoms with Crippen molar-refractivity contribution < 1.29 is 8.42 Å². The molecule has 1 aliphatic rings. The quantitative estimate of drug-likeness (QED) is 0.840. The first kappa shape index (κ1) is 15.7. The summed E-state index contributed by atoms with van der Waals surface area (Å²) < 4.78 is 28.2. The fourth-order valence-corrected chi connectivity index (χ4v) is 5.52. The van der Waals surface area contributed by atoms with Gasteiger partial charge in [0.15, 0.2) is 0 Å². The van der Waals surface area contributed by atoms with Crippen LogP contribution >= 0.6 is 11.8 Å². The van der Waals surface area contributed by atoms with E-state index in [2.05, 4.69) is 4.72 Å². The zero-order chi connectivity index (χ0) is 14.9. The molecule has 112 valence electrons. The molecule has 0 radical (unpaired) electrons. The Labute approximate surface area is 125 Å². The van der Waals surface area contributed by atoms with Gasteiger partial charge in [-0.1, -0.05) is 0 Å². The third-order valence-corrected chi connectivity index (χ3v) is 6.73. The molecule has 20 heavy (non-hydrogen) atoms. The summed E-state index contributed by atoms with van der Waals surface area (Å²) in [6.45, 7) is 5.50. The maximum absolute atomic E-state index is 12.7. The van der Waals surface area contributed by atoms with Gasteiger partial charge in [0, 0.05) is 11.7 Å². The van der Waals surface area contributed by atoms with Crippen LogP contribution in [0.2, 0.25) is 0 Å². The summed E-state index contributed by atoms with van der Waals surface area (Å²) >= 11 is 1.88.